The van der Waals surface area contributed by atoms with Gasteiger partial charge in [0.2, 0.25) is 0 Å². The third-order valence-electron chi connectivity index (χ3n) is 0.722. The van der Waals surface area contributed by atoms with Crippen molar-refractivity contribution in [3.05, 3.63) is 6.08 Å². The molecule has 1 heteroatoms. The van der Waals surface area contributed by atoms with Gasteiger partial charge in [0.25, 0.3) is 0 Å². The van der Waals surface area contributed by atoms with Crippen molar-refractivity contribution in [3.63, 3.8) is 0 Å². The molecule has 0 aliphatic rings. The molecule has 0 atom stereocenters. The molecule has 0 saturated heterocycles. The van der Waals surface area contributed by atoms with Crippen LogP contribution in [0.3, 0.4) is 0 Å². The normalized spacial score (nSPS) is 7.75. The van der Waals surface area contributed by atoms with Crippen LogP contribution in [0.25, 0.3) is 0 Å². The Bertz CT molecular complexity index is 88.6. The molecule has 1 nitrogen and oxygen atoms in total. The maximum Gasteiger partial charge on any atom is 0.0481 e. The second-order valence-corrected chi connectivity index (χ2v) is 1.62. The minimum absolute atomic E-state index is 0.913. The molecule has 0 rings (SSSR count). The molecule has 46 valence electrons. The molecule has 0 unspecified atom stereocenters. The first-order valence-corrected chi connectivity index (χ1v) is 3.15. The van der Waals surface area contributed by atoms with Crippen molar-refractivity contribution in [1.29, 1.82) is 0 Å². The van der Waals surface area contributed by atoms with E-state index in [-0.39, 0.29) is 0 Å². The second-order valence-electron chi connectivity index (χ2n) is 1.62. The van der Waals surface area contributed by atoms with Gasteiger partial charge in [-0.25, -0.2) is 4.99 Å². The summed E-state index contributed by atoms with van der Waals surface area (Å²) in [7, 11) is 0. The molecule has 0 aromatic carbocycles. The third-order valence-corrected chi connectivity index (χ3v) is 0.722. The first-order valence-electron chi connectivity index (χ1n) is 3.15. The highest BCUT2D eigenvalue weighted by Gasteiger charge is 1.66. The summed E-state index contributed by atoms with van der Waals surface area (Å²) < 4.78 is 0. The fourth-order valence-electron chi connectivity index (χ4n) is 0.332. The number of rotatable bonds is 3. The molecule has 0 aliphatic carbocycles. The SMILES string of the molecule is CCC=C=NCCC. The molecule has 0 aliphatic heterocycles. The number of hydrogen-bond acceptors (Lipinski definition) is 1. The first kappa shape index (κ1) is 7.45. The summed E-state index contributed by atoms with van der Waals surface area (Å²) in [4.78, 5) is 3.97. The summed E-state index contributed by atoms with van der Waals surface area (Å²) in [6, 6.07) is 0. The lowest BCUT2D eigenvalue weighted by atomic mass is 10.5. The van der Waals surface area contributed by atoms with Crippen LogP contribution in [0.15, 0.2) is 11.1 Å². The Morgan fingerprint density at radius 2 is 2.25 bits per heavy atom. The van der Waals surface area contributed by atoms with E-state index in [1.807, 2.05) is 6.08 Å². The molecule has 0 radical (unpaired) electrons. The summed E-state index contributed by atoms with van der Waals surface area (Å²) in [5.41, 5.74) is 0. The molecule has 0 fully saturated rings. The molecular weight excluding hydrogens is 98.1 g/mol. The topological polar surface area (TPSA) is 12.4 Å². The van der Waals surface area contributed by atoms with E-state index in [2.05, 4.69) is 24.7 Å². The largest absolute Gasteiger partial charge is 0.243 e. The molecule has 0 amide bonds. The van der Waals surface area contributed by atoms with Gasteiger partial charge >= 0.3 is 0 Å². The Hall–Kier alpha value is -0.550. The maximum atomic E-state index is 3.97. The van der Waals surface area contributed by atoms with Gasteiger partial charge in [-0.1, -0.05) is 13.8 Å². The minimum Gasteiger partial charge on any atom is -0.243 e. The number of nitrogens with zero attached hydrogens (tertiary/aromatic N) is 1. The maximum absolute atomic E-state index is 3.97. The van der Waals surface area contributed by atoms with Crippen molar-refractivity contribution < 1.29 is 0 Å². The highest BCUT2D eigenvalue weighted by molar-refractivity contribution is 5.51. The standard InChI is InChI=1S/C7H13N/c1-3-5-7-8-6-4-2/h5H,3-4,6H2,1-2H3. The van der Waals surface area contributed by atoms with E-state index < -0.39 is 0 Å². The molecule has 0 aromatic rings. The van der Waals surface area contributed by atoms with Crippen LogP contribution in [0.5, 0.6) is 0 Å². The predicted molar refractivity (Wildman–Crippen MR) is 37.5 cm³/mol. The highest BCUT2D eigenvalue weighted by atomic mass is 14.7. The van der Waals surface area contributed by atoms with Gasteiger partial charge in [-0.2, -0.15) is 0 Å². The van der Waals surface area contributed by atoms with E-state index in [1.54, 1.807) is 0 Å². The Morgan fingerprint density at radius 3 is 2.75 bits per heavy atom. The van der Waals surface area contributed by atoms with Gasteiger partial charge in [0.05, 0.1) is 0 Å². The van der Waals surface area contributed by atoms with Crippen molar-refractivity contribution in [2.75, 3.05) is 6.54 Å². The summed E-state index contributed by atoms with van der Waals surface area (Å²) in [6.45, 7) is 5.10. The fourth-order valence-corrected chi connectivity index (χ4v) is 0.332. The van der Waals surface area contributed by atoms with Crippen LogP contribution >= 0.6 is 0 Å². The number of allylic oxidation sites excluding steroid dienone is 1. The van der Waals surface area contributed by atoms with Crippen molar-refractivity contribution in [3.8, 4) is 0 Å². The minimum atomic E-state index is 0.913. The zero-order chi connectivity index (χ0) is 6.24. The fraction of sp³-hybridized carbons (Fsp3) is 0.714. The summed E-state index contributed by atoms with van der Waals surface area (Å²) in [5.74, 6) is 2.84. The van der Waals surface area contributed by atoms with E-state index >= 15 is 0 Å². The molecular formula is C7H13N. The van der Waals surface area contributed by atoms with E-state index in [4.69, 9.17) is 0 Å². The lowest BCUT2D eigenvalue weighted by Gasteiger charge is -1.76. The number of hydrogen-bond donors (Lipinski definition) is 0. The highest BCUT2D eigenvalue weighted by Crippen LogP contribution is 1.74. The second kappa shape index (κ2) is 6.45. The molecule has 8 heavy (non-hydrogen) atoms. The van der Waals surface area contributed by atoms with E-state index in [9.17, 15) is 0 Å². The van der Waals surface area contributed by atoms with Crippen LogP contribution in [-0.4, -0.2) is 12.4 Å². The molecule has 0 heterocycles. The zero-order valence-corrected chi connectivity index (χ0v) is 5.65. The Kier molecular flexibility index (Phi) is 6.01. The molecule has 0 spiro atoms. The van der Waals surface area contributed by atoms with Crippen LogP contribution in [0.2, 0.25) is 0 Å². The van der Waals surface area contributed by atoms with Crippen LogP contribution in [-0.2, 0) is 0 Å². The quantitative estimate of drug-likeness (QED) is 0.494. The van der Waals surface area contributed by atoms with Gasteiger partial charge < -0.3 is 0 Å². The average molecular weight is 111 g/mol. The molecule has 0 bridgehead atoms. The van der Waals surface area contributed by atoms with Crippen LogP contribution in [0.4, 0.5) is 0 Å². The van der Waals surface area contributed by atoms with Gasteiger partial charge in [-0.05, 0) is 24.8 Å². The Morgan fingerprint density at radius 1 is 1.50 bits per heavy atom. The van der Waals surface area contributed by atoms with E-state index in [1.165, 1.54) is 0 Å². The van der Waals surface area contributed by atoms with Crippen LogP contribution in [0, 0.1) is 0 Å². The summed E-state index contributed by atoms with van der Waals surface area (Å²) >= 11 is 0. The van der Waals surface area contributed by atoms with Gasteiger partial charge in [0, 0.05) is 6.54 Å². The smallest absolute Gasteiger partial charge is 0.0481 e. The van der Waals surface area contributed by atoms with Crippen LogP contribution < -0.4 is 0 Å². The van der Waals surface area contributed by atoms with Crippen molar-refractivity contribution in [2.45, 2.75) is 26.7 Å². The monoisotopic (exact) mass is 111 g/mol. The molecule has 0 aromatic heterocycles. The summed E-state index contributed by atoms with van der Waals surface area (Å²) in [6.07, 6.45) is 4.09. The third kappa shape index (κ3) is 5.45. The predicted octanol–water partition coefficient (Wildman–Crippen LogP) is 2.03. The van der Waals surface area contributed by atoms with Gasteiger partial charge in [0.1, 0.15) is 0 Å². The van der Waals surface area contributed by atoms with Gasteiger partial charge in [-0.15, -0.1) is 0 Å². The average Bonchev–Trinajstić information content (AvgIpc) is 1.81. The first-order chi connectivity index (χ1) is 3.91. The lowest BCUT2D eigenvalue weighted by molar-refractivity contribution is 0.938. The van der Waals surface area contributed by atoms with Gasteiger partial charge in [-0.3, -0.25) is 0 Å². The van der Waals surface area contributed by atoms with Crippen molar-refractivity contribution in [1.82, 2.24) is 0 Å². The molecule has 0 N–H and O–H groups in total. The van der Waals surface area contributed by atoms with Crippen molar-refractivity contribution in [2.24, 2.45) is 4.99 Å². The number of aliphatic imine (C=N–C) groups is 1. The van der Waals surface area contributed by atoms with Crippen LogP contribution in [0.1, 0.15) is 26.7 Å². The van der Waals surface area contributed by atoms with Crippen molar-refractivity contribution >= 4 is 5.87 Å². The zero-order valence-electron chi connectivity index (χ0n) is 5.65. The molecule has 0 saturated carbocycles. The van der Waals surface area contributed by atoms with E-state index in [0.29, 0.717) is 0 Å². The van der Waals surface area contributed by atoms with Gasteiger partial charge in [0.15, 0.2) is 0 Å². The Labute approximate surface area is 51.1 Å². The summed E-state index contributed by atoms with van der Waals surface area (Å²) in [5, 5.41) is 0. The Balaban J connectivity index is 3.18. The van der Waals surface area contributed by atoms with E-state index in [0.717, 1.165) is 19.4 Å². The lowest BCUT2D eigenvalue weighted by Crippen LogP contribution is -1.70.